The van der Waals surface area contributed by atoms with Crippen LogP contribution in [0.2, 0.25) is 0 Å². The summed E-state index contributed by atoms with van der Waals surface area (Å²) in [6.07, 6.45) is 11.0. The number of phenols is 1. The molecule has 0 aromatic heterocycles. The van der Waals surface area contributed by atoms with E-state index in [9.17, 15) is 5.11 Å². The summed E-state index contributed by atoms with van der Waals surface area (Å²) in [6.45, 7) is 2.89. The molecule has 0 amide bonds. The maximum absolute atomic E-state index is 11.1. The molecule has 3 aromatic rings. The zero-order valence-corrected chi connectivity index (χ0v) is 18.0. The summed E-state index contributed by atoms with van der Waals surface area (Å²) >= 11 is 0. The average Bonchev–Trinajstić information content (AvgIpc) is 3.01. The fourth-order valence-electron chi connectivity index (χ4n) is 5.79. The molecule has 0 bridgehead atoms. The van der Waals surface area contributed by atoms with E-state index in [1.165, 1.54) is 67.2 Å². The van der Waals surface area contributed by atoms with Gasteiger partial charge < -0.3 is 9.84 Å². The third-order valence-corrected chi connectivity index (χ3v) is 7.29. The number of phenolic OH excluding ortho intramolecular Hbond substituents is 1. The highest BCUT2D eigenvalue weighted by Gasteiger charge is 2.43. The summed E-state index contributed by atoms with van der Waals surface area (Å²) in [6, 6.07) is 17.3. The zero-order chi connectivity index (χ0) is 20.6. The second-order valence-corrected chi connectivity index (χ2v) is 9.12. The minimum Gasteiger partial charge on any atom is -0.507 e. The molecule has 2 aliphatic rings. The third-order valence-electron chi connectivity index (χ3n) is 7.29. The number of ether oxygens (including phenoxy) is 1. The summed E-state index contributed by atoms with van der Waals surface area (Å²) in [4.78, 5) is 0. The lowest BCUT2D eigenvalue weighted by atomic mass is 9.69. The SMILES string of the molecule is CCCCOc1ccc2c3c(cc(O)c2c1)C1(CCCCCCC1)c1ccccc1-3. The van der Waals surface area contributed by atoms with Gasteiger partial charge in [0, 0.05) is 10.8 Å². The van der Waals surface area contributed by atoms with Gasteiger partial charge in [-0.1, -0.05) is 69.7 Å². The quantitative estimate of drug-likeness (QED) is 0.454. The standard InChI is InChI=1S/C28H32O2/c1-2-3-17-30-20-13-14-21-23(18-20)26(29)19-25-27(21)22-11-7-8-12-24(22)28(25)15-9-5-4-6-10-16-28/h7-8,11-14,18-19,29H,2-6,9-10,15-17H2,1H3. The van der Waals surface area contributed by atoms with Crippen LogP contribution in [0.5, 0.6) is 11.5 Å². The number of hydrogen-bond acceptors (Lipinski definition) is 2. The molecule has 0 atom stereocenters. The first-order valence-electron chi connectivity index (χ1n) is 11.8. The van der Waals surface area contributed by atoms with E-state index in [1.54, 1.807) is 0 Å². The molecule has 0 saturated heterocycles. The van der Waals surface area contributed by atoms with Gasteiger partial charge in [-0.2, -0.15) is 0 Å². The fraction of sp³-hybridized carbons (Fsp3) is 0.429. The summed E-state index contributed by atoms with van der Waals surface area (Å²) in [7, 11) is 0. The van der Waals surface area contributed by atoms with E-state index in [0.717, 1.165) is 36.0 Å². The van der Waals surface area contributed by atoms with Gasteiger partial charge in [-0.05, 0) is 71.2 Å². The van der Waals surface area contributed by atoms with Crippen LogP contribution in [0, 0.1) is 0 Å². The van der Waals surface area contributed by atoms with E-state index < -0.39 is 0 Å². The summed E-state index contributed by atoms with van der Waals surface area (Å²) in [5, 5.41) is 13.1. The van der Waals surface area contributed by atoms with Crippen LogP contribution in [0.15, 0.2) is 48.5 Å². The van der Waals surface area contributed by atoms with Crippen LogP contribution in [-0.2, 0) is 5.41 Å². The van der Waals surface area contributed by atoms with E-state index in [1.807, 2.05) is 6.07 Å². The Morgan fingerprint density at radius 3 is 2.43 bits per heavy atom. The fourth-order valence-corrected chi connectivity index (χ4v) is 5.79. The Morgan fingerprint density at radius 2 is 1.63 bits per heavy atom. The van der Waals surface area contributed by atoms with Crippen LogP contribution in [0.3, 0.4) is 0 Å². The first kappa shape index (κ1) is 19.5. The molecule has 1 N–H and O–H groups in total. The lowest BCUT2D eigenvalue weighted by Crippen LogP contribution is -2.26. The average molecular weight is 401 g/mol. The van der Waals surface area contributed by atoms with Gasteiger partial charge in [-0.25, -0.2) is 0 Å². The number of hydrogen-bond donors (Lipinski definition) is 1. The van der Waals surface area contributed by atoms with Crippen molar-refractivity contribution in [2.75, 3.05) is 6.61 Å². The summed E-state index contributed by atoms with van der Waals surface area (Å²) < 4.78 is 5.93. The van der Waals surface area contributed by atoms with Crippen LogP contribution >= 0.6 is 0 Å². The predicted molar refractivity (Wildman–Crippen MR) is 125 cm³/mol. The molecule has 3 aromatic carbocycles. The van der Waals surface area contributed by atoms with Gasteiger partial charge in [-0.3, -0.25) is 0 Å². The molecule has 30 heavy (non-hydrogen) atoms. The Balaban J connectivity index is 1.69. The Kier molecular flexibility index (Phi) is 5.18. The second-order valence-electron chi connectivity index (χ2n) is 9.12. The molecular formula is C28H32O2. The van der Waals surface area contributed by atoms with Crippen molar-refractivity contribution in [2.45, 2.75) is 70.1 Å². The van der Waals surface area contributed by atoms with Crippen molar-refractivity contribution in [1.82, 2.24) is 0 Å². The van der Waals surface area contributed by atoms with Gasteiger partial charge in [0.05, 0.1) is 6.61 Å². The Bertz CT molecular complexity index is 1060. The van der Waals surface area contributed by atoms with Crippen molar-refractivity contribution in [2.24, 2.45) is 0 Å². The Hall–Kier alpha value is -2.48. The zero-order valence-electron chi connectivity index (χ0n) is 18.0. The molecule has 1 fully saturated rings. The third kappa shape index (κ3) is 3.09. The van der Waals surface area contributed by atoms with Crippen LogP contribution in [0.25, 0.3) is 21.9 Å². The molecule has 0 radical (unpaired) electrons. The Morgan fingerprint density at radius 1 is 0.867 bits per heavy atom. The highest BCUT2D eigenvalue weighted by atomic mass is 16.5. The van der Waals surface area contributed by atoms with Gasteiger partial charge in [0.1, 0.15) is 11.5 Å². The number of unbranched alkanes of at least 4 members (excludes halogenated alkanes) is 1. The van der Waals surface area contributed by atoms with Crippen molar-refractivity contribution in [3.8, 4) is 22.6 Å². The van der Waals surface area contributed by atoms with Crippen LogP contribution in [0.1, 0.15) is 75.8 Å². The van der Waals surface area contributed by atoms with E-state index in [0.29, 0.717) is 5.75 Å². The monoisotopic (exact) mass is 400 g/mol. The topological polar surface area (TPSA) is 29.5 Å². The lowest BCUT2D eigenvalue weighted by Gasteiger charge is -2.34. The van der Waals surface area contributed by atoms with Gasteiger partial charge in [0.25, 0.3) is 0 Å². The van der Waals surface area contributed by atoms with E-state index in [-0.39, 0.29) is 5.41 Å². The molecule has 0 unspecified atom stereocenters. The predicted octanol–water partition coefficient (Wildman–Crippen LogP) is 7.74. The van der Waals surface area contributed by atoms with Crippen LogP contribution in [0.4, 0.5) is 0 Å². The van der Waals surface area contributed by atoms with Crippen LogP contribution in [-0.4, -0.2) is 11.7 Å². The van der Waals surface area contributed by atoms with Crippen molar-refractivity contribution in [3.05, 3.63) is 59.7 Å². The van der Waals surface area contributed by atoms with Gasteiger partial charge in [-0.15, -0.1) is 0 Å². The number of benzene rings is 3. The molecule has 1 spiro atoms. The molecule has 5 rings (SSSR count). The number of fused-ring (bicyclic) bond motifs is 7. The minimum absolute atomic E-state index is 0.0499. The number of aromatic hydroxyl groups is 1. The number of rotatable bonds is 4. The van der Waals surface area contributed by atoms with Crippen molar-refractivity contribution in [3.63, 3.8) is 0 Å². The smallest absolute Gasteiger partial charge is 0.123 e. The van der Waals surface area contributed by atoms with Crippen molar-refractivity contribution in [1.29, 1.82) is 0 Å². The van der Waals surface area contributed by atoms with E-state index in [2.05, 4.69) is 49.4 Å². The van der Waals surface area contributed by atoms with Gasteiger partial charge in [0.2, 0.25) is 0 Å². The minimum atomic E-state index is 0.0499. The largest absolute Gasteiger partial charge is 0.507 e. The van der Waals surface area contributed by atoms with Crippen LogP contribution < -0.4 is 4.74 Å². The van der Waals surface area contributed by atoms with Crippen molar-refractivity contribution >= 4 is 10.8 Å². The molecule has 0 aliphatic heterocycles. The van der Waals surface area contributed by atoms with E-state index >= 15 is 0 Å². The molecule has 2 nitrogen and oxygen atoms in total. The highest BCUT2D eigenvalue weighted by Crippen LogP contribution is 2.57. The molecule has 2 aliphatic carbocycles. The first-order valence-corrected chi connectivity index (χ1v) is 11.8. The maximum Gasteiger partial charge on any atom is 0.123 e. The molecular weight excluding hydrogens is 368 g/mol. The molecule has 2 heteroatoms. The van der Waals surface area contributed by atoms with Gasteiger partial charge >= 0.3 is 0 Å². The second kappa shape index (κ2) is 7.98. The normalized spacial score (nSPS) is 17.4. The molecule has 156 valence electrons. The maximum atomic E-state index is 11.1. The molecule has 1 saturated carbocycles. The lowest BCUT2D eigenvalue weighted by molar-refractivity contribution is 0.309. The summed E-state index contributed by atoms with van der Waals surface area (Å²) in [5.41, 5.74) is 5.55. The Labute approximate surface area is 179 Å². The van der Waals surface area contributed by atoms with Gasteiger partial charge in [0.15, 0.2) is 0 Å². The molecule has 0 heterocycles. The first-order chi connectivity index (χ1) is 14.7. The highest BCUT2D eigenvalue weighted by molar-refractivity contribution is 6.05. The summed E-state index contributed by atoms with van der Waals surface area (Å²) in [5.74, 6) is 1.23. The van der Waals surface area contributed by atoms with E-state index in [4.69, 9.17) is 4.74 Å². The van der Waals surface area contributed by atoms with Crippen molar-refractivity contribution < 1.29 is 9.84 Å².